The van der Waals surface area contributed by atoms with Gasteiger partial charge in [0.05, 0.1) is 11.1 Å². The molecule has 3 aliphatic rings. The average molecular weight is 583 g/mol. The maximum absolute atomic E-state index is 13.7. The van der Waals surface area contributed by atoms with Gasteiger partial charge in [0.25, 0.3) is 5.91 Å². The molecule has 0 spiro atoms. The van der Waals surface area contributed by atoms with Gasteiger partial charge in [-0.2, -0.15) is 5.10 Å². The summed E-state index contributed by atoms with van der Waals surface area (Å²) in [5.74, 6) is -1.34. The van der Waals surface area contributed by atoms with E-state index in [1.165, 1.54) is 28.9 Å². The number of aryl methyl sites for hydroxylation is 1. The maximum atomic E-state index is 13.7. The first kappa shape index (κ1) is 26.6. The van der Waals surface area contributed by atoms with Crippen LogP contribution in [-0.2, 0) is 16.1 Å². The molecule has 12 nitrogen and oxygen atoms in total. The highest BCUT2D eigenvalue weighted by Crippen LogP contribution is 2.83. The maximum Gasteiger partial charge on any atom is 0.323 e. The summed E-state index contributed by atoms with van der Waals surface area (Å²) in [7, 11) is 0. The third-order valence-electron chi connectivity index (χ3n) is 8.92. The smallest absolute Gasteiger partial charge is 0.323 e. The molecule has 218 valence electrons. The van der Waals surface area contributed by atoms with Crippen LogP contribution in [0.4, 0.5) is 26.4 Å². The number of hydrogen-bond acceptors (Lipinski definition) is 6. The summed E-state index contributed by atoms with van der Waals surface area (Å²) in [6.07, 6.45) is 2.51. The largest absolute Gasteiger partial charge is 0.364 e. The third-order valence-corrected chi connectivity index (χ3v) is 8.92. The molecular weight excluding hydrogens is 555 g/mol. The lowest BCUT2D eigenvalue weighted by Gasteiger charge is -2.59. The van der Waals surface area contributed by atoms with Crippen LogP contribution in [0.1, 0.15) is 35.4 Å². The number of anilines is 3. The van der Waals surface area contributed by atoms with Crippen LogP contribution in [0.15, 0.2) is 60.7 Å². The summed E-state index contributed by atoms with van der Waals surface area (Å²) in [4.78, 5) is 57.9. The molecular formula is C30H27FN8O4. The molecule has 2 saturated carbocycles. The van der Waals surface area contributed by atoms with E-state index in [2.05, 4.69) is 26.0 Å². The number of hydrogen-bond donors (Lipinski definition) is 4. The average Bonchev–Trinajstić information content (AvgIpc) is 3.27. The van der Waals surface area contributed by atoms with Crippen LogP contribution in [-0.4, -0.2) is 55.0 Å². The number of nitrogens with one attached hydrogen (secondary N) is 3. The van der Waals surface area contributed by atoms with Crippen LogP contribution in [0, 0.1) is 18.2 Å². The standard InChI is InChI=1S/C30H27FN8O4/c1-16-3-2-4-22(33-16)36-27(42)25-29-11-12-30(29,15-29)39(25)23(40)14-38-21-10-9-19(13-20(21)24(37-38)26(32)41)35-28(43)34-18-7-5-17(31)6-8-18/h2-10,13,25H,11-12,14-15H2,1H3,(H2,32,41)(H,33,36,42)(H2,34,35,43)/t25-,29?,30+/m1/s1. The first-order chi connectivity index (χ1) is 20.6. The molecule has 2 aromatic heterocycles. The second-order valence-electron chi connectivity index (χ2n) is 11.4. The monoisotopic (exact) mass is 582 g/mol. The van der Waals surface area contributed by atoms with E-state index in [0.29, 0.717) is 28.1 Å². The molecule has 3 heterocycles. The minimum Gasteiger partial charge on any atom is -0.364 e. The van der Waals surface area contributed by atoms with E-state index in [-0.39, 0.29) is 35.0 Å². The molecule has 1 aliphatic heterocycles. The van der Waals surface area contributed by atoms with Gasteiger partial charge in [-0.15, -0.1) is 0 Å². The van der Waals surface area contributed by atoms with Crippen molar-refractivity contribution in [2.24, 2.45) is 11.1 Å². The van der Waals surface area contributed by atoms with Crippen molar-refractivity contribution in [2.75, 3.05) is 16.0 Å². The number of amides is 5. The highest BCUT2D eigenvalue weighted by molar-refractivity contribution is 6.07. The summed E-state index contributed by atoms with van der Waals surface area (Å²) in [6.45, 7) is 1.63. The molecule has 43 heavy (non-hydrogen) atoms. The van der Waals surface area contributed by atoms with Crippen LogP contribution < -0.4 is 21.7 Å². The molecule has 1 unspecified atom stereocenters. The molecule has 0 radical (unpaired) electrons. The molecule has 7 rings (SSSR count). The summed E-state index contributed by atoms with van der Waals surface area (Å²) >= 11 is 0. The van der Waals surface area contributed by atoms with Crippen molar-refractivity contribution in [1.82, 2.24) is 19.7 Å². The number of carbonyl (C=O) groups excluding carboxylic acids is 4. The van der Waals surface area contributed by atoms with Gasteiger partial charge in [-0.1, -0.05) is 6.07 Å². The zero-order chi connectivity index (χ0) is 30.1. The van der Waals surface area contributed by atoms with E-state index in [0.717, 1.165) is 25.0 Å². The van der Waals surface area contributed by atoms with Gasteiger partial charge >= 0.3 is 6.03 Å². The Kier molecular flexibility index (Phi) is 5.77. The molecule has 3 fully saturated rings. The van der Waals surface area contributed by atoms with Crippen LogP contribution in [0.5, 0.6) is 0 Å². The predicted molar refractivity (Wildman–Crippen MR) is 155 cm³/mol. The number of rotatable bonds is 7. The Balaban J connectivity index is 1.10. The number of nitrogens with zero attached hydrogens (tertiary/aromatic N) is 4. The molecule has 5 amide bonds. The number of urea groups is 1. The topological polar surface area (TPSA) is 164 Å². The van der Waals surface area contributed by atoms with E-state index in [9.17, 15) is 23.6 Å². The molecule has 2 aromatic carbocycles. The number of benzene rings is 2. The summed E-state index contributed by atoms with van der Waals surface area (Å²) < 4.78 is 14.6. The predicted octanol–water partition coefficient (Wildman–Crippen LogP) is 3.39. The number of likely N-dealkylation sites (tertiary alicyclic amines) is 1. The van der Waals surface area contributed by atoms with Crippen LogP contribution in [0.3, 0.4) is 0 Å². The van der Waals surface area contributed by atoms with E-state index < -0.39 is 23.8 Å². The third kappa shape index (κ3) is 4.10. The normalized spacial score (nSPS) is 22.8. The summed E-state index contributed by atoms with van der Waals surface area (Å²) in [5, 5.41) is 12.8. The van der Waals surface area contributed by atoms with Crippen molar-refractivity contribution in [3.05, 3.63) is 77.9 Å². The number of halogens is 1. The number of carbonyl (C=O) groups is 4. The first-order valence-electron chi connectivity index (χ1n) is 13.8. The Morgan fingerprint density at radius 1 is 1.00 bits per heavy atom. The second-order valence-corrected chi connectivity index (χ2v) is 11.4. The fraction of sp³-hybridized carbons (Fsp3) is 0.267. The number of fused-ring (bicyclic) bond motifs is 1. The number of aromatic nitrogens is 3. The van der Waals surface area contributed by atoms with Crippen molar-refractivity contribution in [3.63, 3.8) is 0 Å². The van der Waals surface area contributed by atoms with E-state index in [1.54, 1.807) is 29.2 Å². The van der Waals surface area contributed by atoms with E-state index in [1.807, 2.05) is 19.1 Å². The van der Waals surface area contributed by atoms with Gasteiger partial charge in [-0.3, -0.25) is 19.1 Å². The van der Waals surface area contributed by atoms with Crippen LogP contribution >= 0.6 is 0 Å². The van der Waals surface area contributed by atoms with E-state index >= 15 is 0 Å². The minimum atomic E-state index is -0.797. The van der Waals surface area contributed by atoms with Gasteiger partial charge in [0, 0.05) is 27.9 Å². The lowest BCUT2D eigenvalue weighted by molar-refractivity contribution is -0.174. The lowest BCUT2D eigenvalue weighted by Crippen LogP contribution is -2.74. The highest BCUT2D eigenvalue weighted by Gasteiger charge is 2.91. The molecule has 1 saturated heterocycles. The van der Waals surface area contributed by atoms with Crippen molar-refractivity contribution < 1.29 is 23.6 Å². The number of pyridine rings is 1. The minimum absolute atomic E-state index is 0.0589. The lowest BCUT2D eigenvalue weighted by atomic mass is 9.64. The van der Waals surface area contributed by atoms with Crippen molar-refractivity contribution in [3.8, 4) is 0 Å². The Morgan fingerprint density at radius 3 is 2.44 bits per heavy atom. The summed E-state index contributed by atoms with van der Waals surface area (Å²) in [5.41, 5.74) is 7.04. The number of piperidine rings is 1. The quantitative estimate of drug-likeness (QED) is 0.261. The molecule has 0 bridgehead atoms. The molecule has 2 aliphatic carbocycles. The van der Waals surface area contributed by atoms with Crippen molar-refractivity contribution in [2.45, 2.75) is 44.3 Å². The number of primary amides is 1. The highest BCUT2D eigenvalue weighted by atomic mass is 19.1. The Hall–Kier alpha value is -5.33. The SMILES string of the molecule is Cc1cccc(NC(=O)[C@H]2N(C(=O)Cn3nc(C(N)=O)c4cc(NC(=O)Nc5ccc(F)cc5)ccc43)[C@]34CCC23C4)n1. The van der Waals surface area contributed by atoms with Crippen LogP contribution in [0.2, 0.25) is 0 Å². The zero-order valence-electron chi connectivity index (χ0n) is 23.1. The molecule has 4 aromatic rings. The fourth-order valence-electron chi connectivity index (χ4n) is 6.90. The second kappa shape index (κ2) is 9.34. The van der Waals surface area contributed by atoms with Gasteiger partial charge in [0.1, 0.15) is 24.2 Å². The van der Waals surface area contributed by atoms with Gasteiger partial charge in [0.15, 0.2) is 5.69 Å². The zero-order valence-corrected chi connectivity index (χ0v) is 23.1. The van der Waals surface area contributed by atoms with Gasteiger partial charge < -0.3 is 26.6 Å². The Morgan fingerprint density at radius 2 is 1.74 bits per heavy atom. The first-order valence-corrected chi connectivity index (χ1v) is 13.8. The van der Waals surface area contributed by atoms with Gasteiger partial charge in [-0.05, 0) is 80.8 Å². The molecule has 13 heteroatoms. The van der Waals surface area contributed by atoms with Crippen molar-refractivity contribution >= 4 is 51.8 Å². The Labute approximate surface area is 244 Å². The van der Waals surface area contributed by atoms with Crippen LogP contribution in [0.25, 0.3) is 10.9 Å². The van der Waals surface area contributed by atoms with Crippen molar-refractivity contribution in [1.29, 1.82) is 0 Å². The van der Waals surface area contributed by atoms with Gasteiger partial charge in [-0.25, -0.2) is 14.2 Å². The summed E-state index contributed by atoms with van der Waals surface area (Å²) in [6, 6.07) is 14.2. The Bertz CT molecular complexity index is 1860. The number of nitrogens with two attached hydrogens (primary N) is 1. The van der Waals surface area contributed by atoms with E-state index in [4.69, 9.17) is 5.73 Å². The van der Waals surface area contributed by atoms with Gasteiger partial charge in [0.2, 0.25) is 11.8 Å². The molecule has 3 atom stereocenters. The molecule has 5 N–H and O–H groups in total. The fourth-order valence-corrected chi connectivity index (χ4v) is 6.90.